The summed E-state index contributed by atoms with van der Waals surface area (Å²) in [6, 6.07) is 11.2. The predicted octanol–water partition coefficient (Wildman–Crippen LogP) is 4.42. The van der Waals surface area contributed by atoms with E-state index in [2.05, 4.69) is 38.0 Å². The Morgan fingerprint density at radius 3 is 2.78 bits per heavy atom. The molecule has 0 spiro atoms. The molecule has 6 nitrogen and oxygen atoms in total. The van der Waals surface area contributed by atoms with Gasteiger partial charge >= 0.3 is 0 Å². The molecule has 0 unspecified atom stereocenters. The number of benzene rings is 1. The number of fused-ring (bicyclic) bond motifs is 1. The molecule has 27 heavy (non-hydrogen) atoms. The molecule has 0 aliphatic rings. The molecule has 0 bridgehead atoms. The number of aryl methyl sites for hydroxylation is 2. The van der Waals surface area contributed by atoms with Crippen LogP contribution in [-0.4, -0.2) is 19.6 Å². The van der Waals surface area contributed by atoms with Crippen LogP contribution in [0.1, 0.15) is 16.8 Å². The molecule has 1 aromatic carbocycles. The summed E-state index contributed by atoms with van der Waals surface area (Å²) in [5, 5.41) is 8.65. The number of hydrogen-bond donors (Lipinski definition) is 0. The van der Waals surface area contributed by atoms with Crippen molar-refractivity contribution in [2.24, 2.45) is 0 Å². The molecule has 0 aliphatic heterocycles. The molecule has 0 fully saturated rings. The molecule has 0 saturated heterocycles. The van der Waals surface area contributed by atoms with Gasteiger partial charge in [0, 0.05) is 28.1 Å². The second kappa shape index (κ2) is 7.28. The van der Waals surface area contributed by atoms with Gasteiger partial charge in [0.25, 0.3) is 10.8 Å². The first kappa shape index (κ1) is 17.9. The Labute approximate surface area is 167 Å². The number of nitrogens with zero attached hydrogens (tertiary/aromatic N) is 4. The van der Waals surface area contributed by atoms with E-state index in [9.17, 15) is 4.79 Å². The van der Waals surface area contributed by atoms with Crippen LogP contribution >= 0.6 is 27.7 Å². The smallest absolute Gasteiger partial charge is 0.277 e. The van der Waals surface area contributed by atoms with Gasteiger partial charge in [-0.1, -0.05) is 17.8 Å². The second-order valence-electron chi connectivity index (χ2n) is 6.12. The van der Waals surface area contributed by atoms with E-state index in [4.69, 9.17) is 4.42 Å². The lowest BCUT2D eigenvalue weighted by atomic mass is 10.1. The molecule has 136 valence electrons. The fourth-order valence-corrected chi connectivity index (χ4v) is 3.59. The molecule has 4 rings (SSSR count). The topological polar surface area (TPSA) is 73.3 Å². The van der Waals surface area contributed by atoms with Crippen molar-refractivity contribution >= 4 is 33.3 Å². The Kier molecular flexibility index (Phi) is 4.84. The van der Waals surface area contributed by atoms with E-state index in [-0.39, 0.29) is 5.56 Å². The van der Waals surface area contributed by atoms with Gasteiger partial charge in [0.15, 0.2) is 0 Å². The number of aromatic nitrogens is 4. The Morgan fingerprint density at radius 1 is 1.11 bits per heavy atom. The summed E-state index contributed by atoms with van der Waals surface area (Å²) in [7, 11) is 0. The molecule has 8 heteroatoms. The maximum Gasteiger partial charge on any atom is 0.277 e. The van der Waals surface area contributed by atoms with E-state index in [1.165, 1.54) is 33.4 Å². The summed E-state index contributed by atoms with van der Waals surface area (Å²) in [4.78, 5) is 16.8. The van der Waals surface area contributed by atoms with Crippen molar-refractivity contribution in [1.82, 2.24) is 19.6 Å². The van der Waals surface area contributed by atoms with Crippen LogP contribution in [0.25, 0.3) is 17.1 Å². The van der Waals surface area contributed by atoms with Gasteiger partial charge in [-0.2, -0.15) is 0 Å². The van der Waals surface area contributed by atoms with Crippen molar-refractivity contribution in [3.63, 3.8) is 0 Å². The first-order valence-electron chi connectivity index (χ1n) is 8.21. The number of pyridine rings is 1. The molecule has 0 saturated carbocycles. The lowest BCUT2D eigenvalue weighted by Gasteiger charge is -2.03. The van der Waals surface area contributed by atoms with Crippen LogP contribution in [-0.2, 0) is 5.75 Å². The minimum absolute atomic E-state index is 0.127. The van der Waals surface area contributed by atoms with Crippen LogP contribution in [0.15, 0.2) is 61.5 Å². The quantitative estimate of drug-likeness (QED) is 0.435. The van der Waals surface area contributed by atoms with Gasteiger partial charge < -0.3 is 4.42 Å². The highest BCUT2D eigenvalue weighted by atomic mass is 79.9. The first-order valence-corrected chi connectivity index (χ1v) is 9.99. The monoisotopic (exact) mass is 442 g/mol. The van der Waals surface area contributed by atoms with Gasteiger partial charge in [0.2, 0.25) is 5.89 Å². The van der Waals surface area contributed by atoms with Crippen molar-refractivity contribution in [2.75, 3.05) is 0 Å². The van der Waals surface area contributed by atoms with Crippen LogP contribution in [0.2, 0.25) is 0 Å². The van der Waals surface area contributed by atoms with Gasteiger partial charge in [-0.05, 0) is 65.2 Å². The van der Waals surface area contributed by atoms with E-state index in [1.807, 2.05) is 31.2 Å². The molecular formula is C19H15BrN4O2S. The van der Waals surface area contributed by atoms with E-state index in [1.54, 1.807) is 12.3 Å². The fourth-order valence-electron chi connectivity index (χ4n) is 2.59. The number of rotatable bonds is 4. The van der Waals surface area contributed by atoms with E-state index < -0.39 is 0 Å². The Bertz CT molecular complexity index is 1200. The largest absolute Gasteiger partial charge is 0.411 e. The van der Waals surface area contributed by atoms with Crippen molar-refractivity contribution in [2.45, 2.75) is 24.8 Å². The Balaban J connectivity index is 1.53. The zero-order valence-corrected chi connectivity index (χ0v) is 17.0. The Morgan fingerprint density at radius 2 is 1.96 bits per heavy atom. The number of thioether (sulfide) groups is 1. The maximum absolute atomic E-state index is 12.3. The summed E-state index contributed by atoms with van der Waals surface area (Å²) >= 11 is 4.71. The molecule has 3 aromatic heterocycles. The fraction of sp³-hybridized carbons (Fsp3) is 0.158. The zero-order valence-electron chi connectivity index (χ0n) is 14.6. The average Bonchev–Trinajstić information content (AvgIpc) is 3.12. The van der Waals surface area contributed by atoms with Crippen LogP contribution in [0.3, 0.4) is 0 Å². The zero-order chi connectivity index (χ0) is 19.0. The minimum atomic E-state index is -0.127. The third kappa shape index (κ3) is 3.81. The third-order valence-corrected chi connectivity index (χ3v) is 5.50. The summed E-state index contributed by atoms with van der Waals surface area (Å²) in [6.07, 6.45) is 1.70. The van der Waals surface area contributed by atoms with Crippen molar-refractivity contribution < 1.29 is 4.42 Å². The van der Waals surface area contributed by atoms with Crippen LogP contribution < -0.4 is 5.56 Å². The molecule has 0 radical (unpaired) electrons. The minimum Gasteiger partial charge on any atom is -0.411 e. The summed E-state index contributed by atoms with van der Waals surface area (Å²) in [5.74, 6) is 0.952. The first-order chi connectivity index (χ1) is 13.0. The lowest BCUT2D eigenvalue weighted by molar-refractivity contribution is 0.465. The van der Waals surface area contributed by atoms with Gasteiger partial charge in [-0.15, -0.1) is 10.2 Å². The normalized spacial score (nSPS) is 11.2. The van der Waals surface area contributed by atoms with Crippen molar-refractivity contribution in [1.29, 1.82) is 0 Å². The highest BCUT2D eigenvalue weighted by molar-refractivity contribution is 9.10. The molecule has 0 aliphatic carbocycles. The van der Waals surface area contributed by atoms with Gasteiger partial charge in [-0.3, -0.25) is 9.20 Å². The van der Waals surface area contributed by atoms with Gasteiger partial charge in [-0.25, -0.2) is 4.98 Å². The van der Waals surface area contributed by atoms with Crippen LogP contribution in [0.4, 0.5) is 0 Å². The van der Waals surface area contributed by atoms with E-state index in [0.717, 1.165) is 10.0 Å². The maximum atomic E-state index is 12.3. The molecule has 4 aromatic rings. The van der Waals surface area contributed by atoms with Gasteiger partial charge in [0.1, 0.15) is 5.65 Å². The summed E-state index contributed by atoms with van der Waals surface area (Å²) in [6.45, 7) is 4.11. The summed E-state index contributed by atoms with van der Waals surface area (Å²) in [5.41, 5.74) is 4.42. The van der Waals surface area contributed by atoms with Crippen molar-refractivity contribution in [3.8, 4) is 11.5 Å². The van der Waals surface area contributed by atoms with E-state index >= 15 is 0 Å². The number of halogens is 1. The standard InChI is InChI=1S/C19H15BrN4O2S/c1-11-3-4-13(7-12(11)2)18-22-23-19(26-18)27-10-15-8-17(25)24-9-14(20)5-6-16(24)21-15/h3-9H,10H2,1-2H3. The highest BCUT2D eigenvalue weighted by Crippen LogP contribution is 2.26. The van der Waals surface area contributed by atoms with Crippen molar-refractivity contribution in [3.05, 3.63) is 74.2 Å². The van der Waals surface area contributed by atoms with Crippen LogP contribution in [0, 0.1) is 13.8 Å². The van der Waals surface area contributed by atoms with Crippen LogP contribution in [0.5, 0.6) is 0 Å². The molecule has 0 N–H and O–H groups in total. The number of hydrogen-bond acceptors (Lipinski definition) is 6. The molecule has 0 amide bonds. The Hall–Kier alpha value is -2.45. The predicted molar refractivity (Wildman–Crippen MR) is 108 cm³/mol. The molecule has 0 atom stereocenters. The SMILES string of the molecule is Cc1ccc(-c2nnc(SCc3cc(=O)n4cc(Br)ccc4n3)o2)cc1C. The lowest BCUT2D eigenvalue weighted by Crippen LogP contribution is -2.15. The highest BCUT2D eigenvalue weighted by Gasteiger charge is 2.11. The van der Waals surface area contributed by atoms with E-state index in [0.29, 0.717) is 28.2 Å². The molecular weight excluding hydrogens is 428 g/mol. The van der Waals surface area contributed by atoms with Gasteiger partial charge in [0.05, 0.1) is 5.69 Å². The molecule has 3 heterocycles. The summed E-state index contributed by atoms with van der Waals surface area (Å²) < 4.78 is 8.07. The second-order valence-corrected chi connectivity index (χ2v) is 7.96. The third-order valence-electron chi connectivity index (χ3n) is 4.18. The average molecular weight is 443 g/mol.